The quantitative estimate of drug-likeness (QED) is 0.806. The molecule has 1 rings (SSSR count). The van der Waals surface area contributed by atoms with Crippen LogP contribution in [0.3, 0.4) is 0 Å². The summed E-state index contributed by atoms with van der Waals surface area (Å²) in [5.41, 5.74) is 0.308. The van der Waals surface area contributed by atoms with Crippen LogP contribution in [-0.2, 0) is 20.6 Å². The van der Waals surface area contributed by atoms with Gasteiger partial charge in [0, 0.05) is 21.8 Å². The lowest BCUT2D eigenvalue weighted by atomic mass is 10.2. The van der Waals surface area contributed by atoms with Crippen LogP contribution in [0.2, 0.25) is 0 Å². The fourth-order valence-corrected chi connectivity index (χ4v) is 4.90. The summed E-state index contributed by atoms with van der Waals surface area (Å²) in [6, 6.07) is 7.82. The second kappa shape index (κ2) is 7.00. The molecular weight excluding hydrogens is 294 g/mol. The van der Waals surface area contributed by atoms with Gasteiger partial charge >= 0.3 is 0 Å². The molecule has 0 bridgehead atoms. The SMILES string of the molecule is CC(C)C(C)S(=O)CCS(=O)(=O)c1cccc(C#N)c1. The van der Waals surface area contributed by atoms with Crippen molar-refractivity contribution in [3.8, 4) is 6.07 Å². The number of rotatable bonds is 6. The highest BCUT2D eigenvalue weighted by Crippen LogP contribution is 2.15. The summed E-state index contributed by atoms with van der Waals surface area (Å²) in [5.74, 6) is 0.213. The molecule has 0 N–H and O–H groups in total. The van der Waals surface area contributed by atoms with E-state index in [0.717, 1.165) is 0 Å². The first-order valence-electron chi connectivity index (χ1n) is 6.38. The van der Waals surface area contributed by atoms with Gasteiger partial charge in [-0.25, -0.2) is 8.42 Å². The van der Waals surface area contributed by atoms with E-state index < -0.39 is 20.6 Å². The van der Waals surface area contributed by atoms with Crippen LogP contribution in [0.1, 0.15) is 26.3 Å². The standard InChI is InChI=1S/C14H19NO3S2/c1-11(2)12(3)19(16)7-8-20(17,18)14-6-4-5-13(9-14)10-15/h4-6,9,11-12H,7-8H2,1-3H3. The van der Waals surface area contributed by atoms with Gasteiger partial charge in [0.15, 0.2) is 9.84 Å². The number of nitriles is 1. The Kier molecular flexibility index (Phi) is 5.90. The smallest absolute Gasteiger partial charge is 0.179 e. The highest BCUT2D eigenvalue weighted by molar-refractivity contribution is 7.93. The van der Waals surface area contributed by atoms with Crippen molar-refractivity contribution in [3.05, 3.63) is 29.8 Å². The molecule has 20 heavy (non-hydrogen) atoms. The number of nitrogens with zero attached hydrogens (tertiary/aromatic N) is 1. The summed E-state index contributed by atoms with van der Waals surface area (Å²) in [5, 5.41) is 8.75. The Labute approximate surface area is 123 Å². The van der Waals surface area contributed by atoms with Gasteiger partial charge in [-0.2, -0.15) is 5.26 Å². The average molecular weight is 313 g/mol. The minimum absolute atomic E-state index is 0.0318. The highest BCUT2D eigenvalue weighted by Gasteiger charge is 2.20. The summed E-state index contributed by atoms with van der Waals surface area (Å²) in [7, 11) is -4.66. The van der Waals surface area contributed by atoms with Gasteiger partial charge in [-0.1, -0.05) is 26.8 Å². The molecule has 0 amide bonds. The van der Waals surface area contributed by atoms with Crippen LogP contribution in [0.15, 0.2) is 29.2 Å². The highest BCUT2D eigenvalue weighted by atomic mass is 32.2. The van der Waals surface area contributed by atoms with Crippen molar-refractivity contribution >= 4 is 20.6 Å². The van der Waals surface area contributed by atoms with E-state index in [1.807, 2.05) is 26.8 Å². The van der Waals surface area contributed by atoms with Crippen LogP contribution in [0.5, 0.6) is 0 Å². The second-order valence-corrected chi connectivity index (χ2v) is 9.01. The van der Waals surface area contributed by atoms with Gasteiger partial charge in [0.2, 0.25) is 0 Å². The van der Waals surface area contributed by atoms with Crippen LogP contribution in [0, 0.1) is 17.2 Å². The first-order valence-corrected chi connectivity index (χ1v) is 9.41. The molecule has 0 fully saturated rings. The van der Waals surface area contributed by atoms with Crippen molar-refractivity contribution in [2.75, 3.05) is 11.5 Å². The molecule has 2 atom stereocenters. The predicted molar refractivity (Wildman–Crippen MR) is 80.5 cm³/mol. The van der Waals surface area contributed by atoms with Gasteiger partial charge < -0.3 is 0 Å². The lowest BCUT2D eigenvalue weighted by Crippen LogP contribution is -2.24. The topological polar surface area (TPSA) is 75.0 Å². The van der Waals surface area contributed by atoms with Crippen molar-refractivity contribution in [3.63, 3.8) is 0 Å². The van der Waals surface area contributed by atoms with E-state index in [1.165, 1.54) is 12.1 Å². The molecule has 0 saturated carbocycles. The van der Waals surface area contributed by atoms with E-state index in [-0.39, 0.29) is 27.6 Å². The van der Waals surface area contributed by atoms with E-state index in [0.29, 0.717) is 5.56 Å². The molecule has 0 aromatic heterocycles. The summed E-state index contributed by atoms with van der Waals surface area (Å²) in [6.07, 6.45) is 0. The predicted octanol–water partition coefficient (Wildman–Crippen LogP) is 2.13. The maximum Gasteiger partial charge on any atom is 0.179 e. The normalized spacial score (nSPS) is 14.8. The van der Waals surface area contributed by atoms with E-state index >= 15 is 0 Å². The number of sulfone groups is 1. The molecule has 0 heterocycles. The molecule has 4 nitrogen and oxygen atoms in total. The second-order valence-electron chi connectivity index (χ2n) is 4.99. The Balaban J connectivity index is 2.81. The maximum absolute atomic E-state index is 12.2. The minimum Gasteiger partial charge on any atom is -0.259 e. The van der Waals surface area contributed by atoms with Crippen molar-refractivity contribution in [2.24, 2.45) is 5.92 Å². The summed E-state index contributed by atoms with van der Waals surface area (Å²) in [4.78, 5) is 0.116. The molecule has 1 aromatic rings. The van der Waals surface area contributed by atoms with E-state index in [4.69, 9.17) is 5.26 Å². The first kappa shape index (κ1) is 16.9. The molecule has 0 saturated heterocycles. The zero-order chi connectivity index (χ0) is 15.3. The zero-order valence-corrected chi connectivity index (χ0v) is 13.5. The fourth-order valence-electron chi connectivity index (χ4n) is 1.56. The van der Waals surface area contributed by atoms with Crippen molar-refractivity contribution in [2.45, 2.75) is 30.9 Å². The largest absolute Gasteiger partial charge is 0.259 e. The minimum atomic E-state index is -3.49. The van der Waals surface area contributed by atoms with Crippen LogP contribution in [-0.4, -0.2) is 29.4 Å². The molecule has 0 aliphatic rings. The Morgan fingerprint density at radius 1 is 1.30 bits per heavy atom. The molecule has 6 heteroatoms. The Morgan fingerprint density at radius 2 is 1.95 bits per heavy atom. The third-order valence-corrected chi connectivity index (χ3v) is 7.18. The molecule has 2 unspecified atom stereocenters. The average Bonchev–Trinajstić information content (AvgIpc) is 2.43. The van der Waals surface area contributed by atoms with Gasteiger partial charge in [-0.15, -0.1) is 0 Å². The van der Waals surface area contributed by atoms with Gasteiger partial charge in [0.25, 0.3) is 0 Å². The first-order chi connectivity index (χ1) is 9.27. The van der Waals surface area contributed by atoms with E-state index in [2.05, 4.69) is 0 Å². The van der Waals surface area contributed by atoms with Crippen molar-refractivity contribution in [1.29, 1.82) is 5.26 Å². The monoisotopic (exact) mass is 313 g/mol. The molecule has 0 aliphatic carbocycles. The third kappa shape index (κ3) is 4.43. The van der Waals surface area contributed by atoms with Crippen LogP contribution in [0.4, 0.5) is 0 Å². The van der Waals surface area contributed by atoms with Crippen LogP contribution >= 0.6 is 0 Å². The molecule has 0 aliphatic heterocycles. The Hall–Kier alpha value is -1.19. The maximum atomic E-state index is 12.2. The molecule has 110 valence electrons. The third-order valence-electron chi connectivity index (χ3n) is 3.23. The van der Waals surface area contributed by atoms with Crippen molar-refractivity contribution in [1.82, 2.24) is 0 Å². The van der Waals surface area contributed by atoms with Gasteiger partial charge in [-0.3, -0.25) is 4.21 Å². The lowest BCUT2D eigenvalue weighted by molar-refractivity contribution is 0.593. The fraction of sp³-hybridized carbons (Fsp3) is 0.500. The summed E-state index contributed by atoms with van der Waals surface area (Å²) in [6.45, 7) is 5.80. The molecule has 0 radical (unpaired) electrons. The molecular formula is C14H19NO3S2. The molecule has 0 spiro atoms. The Morgan fingerprint density at radius 3 is 2.50 bits per heavy atom. The van der Waals surface area contributed by atoms with Crippen molar-refractivity contribution < 1.29 is 12.6 Å². The van der Waals surface area contributed by atoms with Crippen LogP contribution in [0.25, 0.3) is 0 Å². The van der Waals surface area contributed by atoms with Gasteiger partial charge in [-0.05, 0) is 24.1 Å². The summed E-state index contributed by atoms with van der Waals surface area (Å²) < 4.78 is 36.3. The number of benzene rings is 1. The molecule has 1 aromatic carbocycles. The van der Waals surface area contributed by atoms with Crippen LogP contribution < -0.4 is 0 Å². The van der Waals surface area contributed by atoms with E-state index in [1.54, 1.807) is 12.1 Å². The summed E-state index contributed by atoms with van der Waals surface area (Å²) >= 11 is 0. The van der Waals surface area contributed by atoms with Gasteiger partial charge in [0.1, 0.15) is 0 Å². The van der Waals surface area contributed by atoms with Gasteiger partial charge in [0.05, 0.1) is 22.3 Å². The lowest BCUT2D eigenvalue weighted by Gasteiger charge is -2.15. The zero-order valence-electron chi connectivity index (χ0n) is 11.9. The number of hydrogen-bond donors (Lipinski definition) is 0. The number of hydrogen-bond acceptors (Lipinski definition) is 4. The Bertz CT molecular complexity index is 630. The van der Waals surface area contributed by atoms with E-state index in [9.17, 15) is 12.6 Å².